The maximum atomic E-state index is 13.2. The van der Waals surface area contributed by atoms with Crippen LogP contribution in [-0.4, -0.2) is 17.6 Å². The van der Waals surface area contributed by atoms with Crippen molar-refractivity contribution in [3.8, 4) is 0 Å². The summed E-state index contributed by atoms with van der Waals surface area (Å²) in [5, 5.41) is 0. The molecule has 2 unspecified atom stereocenters. The van der Waals surface area contributed by atoms with Crippen molar-refractivity contribution in [1.29, 1.82) is 0 Å². The Morgan fingerprint density at radius 1 is 1.12 bits per heavy atom. The third-order valence-corrected chi connectivity index (χ3v) is 4.24. The van der Waals surface area contributed by atoms with Crippen LogP contribution in [0.4, 0.5) is 10.2 Å². The van der Waals surface area contributed by atoms with Crippen molar-refractivity contribution in [2.75, 3.05) is 11.4 Å². The highest BCUT2D eigenvalue weighted by molar-refractivity contribution is 5.40. The minimum Gasteiger partial charge on any atom is -0.353 e. The maximum Gasteiger partial charge on any atom is 0.214 e. The molecule has 0 bridgehead atoms. The van der Waals surface area contributed by atoms with Gasteiger partial charge in [0.15, 0.2) is 0 Å². The van der Waals surface area contributed by atoms with Gasteiger partial charge in [-0.05, 0) is 43.7 Å². The SMILES string of the molecule is Fc1cccc(N2CCCC3CCCCC32)n1. The van der Waals surface area contributed by atoms with Gasteiger partial charge in [0.25, 0.3) is 0 Å². The lowest BCUT2D eigenvalue weighted by Crippen LogP contribution is -2.47. The number of halogens is 1. The van der Waals surface area contributed by atoms with E-state index in [2.05, 4.69) is 9.88 Å². The van der Waals surface area contributed by atoms with Gasteiger partial charge in [0.1, 0.15) is 5.82 Å². The summed E-state index contributed by atoms with van der Waals surface area (Å²) in [7, 11) is 0. The normalized spacial score (nSPS) is 28.9. The molecule has 0 aromatic carbocycles. The van der Waals surface area contributed by atoms with Crippen LogP contribution in [0, 0.1) is 11.9 Å². The Balaban J connectivity index is 1.85. The van der Waals surface area contributed by atoms with E-state index in [1.54, 1.807) is 6.07 Å². The van der Waals surface area contributed by atoms with Gasteiger partial charge < -0.3 is 4.90 Å². The van der Waals surface area contributed by atoms with Gasteiger partial charge in [-0.3, -0.25) is 0 Å². The van der Waals surface area contributed by atoms with Gasteiger partial charge in [0.2, 0.25) is 5.95 Å². The van der Waals surface area contributed by atoms with Crippen LogP contribution in [0.3, 0.4) is 0 Å². The van der Waals surface area contributed by atoms with Crippen molar-refractivity contribution in [2.24, 2.45) is 5.92 Å². The van der Waals surface area contributed by atoms with E-state index in [4.69, 9.17) is 0 Å². The zero-order valence-corrected chi connectivity index (χ0v) is 10.1. The first-order valence-corrected chi connectivity index (χ1v) is 6.74. The van der Waals surface area contributed by atoms with Crippen LogP contribution in [0.5, 0.6) is 0 Å². The number of rotatable bonds is 1. The number of fused-ring (bicyclic) bond motifs is 1. The second-order valence-corrected chi connectivity index (χ2v) is 5.27. The molecule has 0 radical (unpaired) electrons. The van der Waals surface area contributed by atoms with Crippen LogP contribution < -0.4 is 4.90 Å². The van der Waals surface area contributed by atoms with Crippen molar-refractivity contribution >= 4 is 5.82 Å². The summed E-state index contributed by atoms with van der Waals surface area (Å²) >= 11 is 0. The molecule has 3 heteroatoms. The molecule has 2 aliphatic rings. The van der Waals surface area contributed by atoms with Crippen molar-refractivity contribution in [3.05, 3.63) is 24.1 Å². The Morgan fingerprint density at radius 2 is 1.94 bits per heavy atom. The molecule has 92 valence electrons. The van der Waals surface area contributed by atoms with Crippen molar-refractivity contribution in [3.63, 3.8) is 0 Å². The predicted molar refractivity (Wildman–Crippen MR) is 66.5 cm³/mol. The van der Waals surface area contributed by atoms with E-state index in [1.807, 2.05) is 6.07 Å². The zero-order valence-electron chi connectivity index (χ0n) is 10.1. The average Bonchev–Trinajstić information content (AvgIpc) is 2.38. The topological polar surface area (TPSA) is 16.1 Å². The van der Waals surface area contributed by atoms with E-state index in [0.717, 1.165) is 18.3 Å². The largest absolute Gasteiger partial charge is 0.353 e. The summed E-state index contributed by atoms with van der Waals surface area (Å²) in [6, 6.07) is 5.74. The van der Waals surface area contributed by atoms with Crippen LogP contribution >= 0.6 is 0 Å². The van der Waals surface area contributed by atoms with Crippen LogP contribution in [0.25, 0.3) is 0 Å². The molecular formula is C14H19FN2. The first kappa shape index (κ1) is 11.0. The Labute approximate surface area is 102 Å². The highest BCUT2D eigenvalue weighted by Crippen LogP contribution is 2.37. The highest BCUT2D eigenvalue weighted by atomic mass is 19.1. The molecule has 1 aliphatic heterocycles. The molecule has 0 spiro atoms. The Hall–Kier alpha value is -1.12. The number of pyridine rings is 1. The van der Waals surface area contributed by atoms with Crippen LogP contribution in [0.2, 0.25) is 0 Å². The van der Waals surface area contributed by atoms with Crippen LogP contribution in [0.15, 0.2) is 18.2 Å². The van der Waals surface area contributed by atoms with Crippen LogP contribution in [-0.2, 0) is 0 Å². The fourth-order valence-corrected chi connectivity index (χ4v) is 3.47. The summed E-state index contributed by atoms with van der Waals surface area (Å²) < 4.78 is 13.2. The number of nitrogens with zero attached hydrogens (tertiary/aromatic N) is 2. The summed E-state index contributed by atoms with van der Waals surface area (Å²) in [6.07, 6.45) is 7.84. The van der Waals surface area contributed by atoms with Gasteiger partial charge in [-0.2, -0.15) is 4.39 Å². The monoisotopic (exact) mass is 234 g/mol. The number of hydrogen-bond acceptors (Lipinski definition) is 2. The minimum atomic E-state index is -0.361. The van der Waals surface area contributed by atoms with Crippen molar-refractivity contribution < 1.29 is 4.39 Å². The van der Waals surface area contributed by atoms with Gasteiger partial charge in [-0.15, -0.1) is 0 Å². The molecule has 1 saturated heterocycles. The zero-order chi connectivity index (χ0) is 11.7. The standard InChI is InChI=1S/C14H19FN2/c15-13-8-3-9-14(16-13)17-10-4-6-11-5-1-2-7-12(11)17/h3,8-9,11-12H,1-2,4-7,10H2. The summed E-state index contributed by atoms with van der Waals surface area (Å²) in [4.78, 5) is 6.39. The average molecular weight is 234 g/mol. The second kappa shape index (κ2) is 4.63. The van der Waals surface area contributed by atoms with Crippen molar-refractivity contribution in [2.45, 2.75) is 44.6 Å². The van der Waals surface area contributed by atoms with Gasteiger partial charge in [-0.25, -0.2) is 4.98 Å². The fourth-order valence-electron chi connectivity index (χ4n) is 3.47. The summed E-state index contributed by atoms with van der Waals surface area (Å²) in [5.41, 5.74) is 0. The fraction of sp³-hybridized carbons (Fsp3) is 0.643. The summed E-state index contributed by atoms with van der Waals surface area (Å²) in [6.45, 7) is 1.04. The molecule has 3 rings (SSSR count). The quantitative estimate of drug-likeness (QED) is 0.692. The Bertz CT molecular complexity index is 392. The molecule has 0 N–H and O–H groups in total. The van der Waals surface area contributed by atoms with E-state index in [1.165, 1.54) is 44.6 Å². The molecule has 1 aromatic rings. The van der Waals surface area contributed by atoms with Crippen LogP contribution in [0.1, 0.15) is 38.5 Å². The third kappa shape index (κ3) is 2.15. The smallest absolute Gasteiger partial charge is 0.214 e. The second-order valence-electron chi connectivity index (χ2n) is 5.27. The predicted octanol–water partition coefficient (Wildman–Crippen LogP) is 3.38. The molecule has 17 heavy (non-hydrogen) atoms. The molecule has 1 saturated carbocycles. The Kier molecular flexibility index (Phi) is 3.00. The van der Waals surface area contributed by atoms with E-state index in [0.29, 0.717) is 6.04 Å². The van der Waals surface area contributed by atoms with Crippen molar-refractivity contribution in [1.82, 2.24) is 4.98 Å². The first-order chi connectivity index (χ1) is 8.34. The molecule has 1 aromatic heterocycles. The lowest BCUT2D eigenvalue weighted by atomic mass is 9.78. The highest BCUT2D eigenvalue weighted by Gasteiger charge is 2.33. The molecule has 2 nitrogen and oxygen atoms in total. The molecule has 2 atom stereocenters. The maximum absolute atomic E-state index is 13.2. The van der Waals surface area contributed by atoms with E-state index < -0.39 is 0 Å². The first-order valence-electron chi connectivity index (χ1n) is 6.74. The minimum absolute atomic E-state index is 0.361. The molecule has 0 amide bonds. The Morgan fingerprint density at radius 3 is 2.82 bits per heavy atom. The van der Waals surface area contributed by atoms with E-state index in [-0.39, 0.29) is 5.95 Å². The van der Waals surface area contributed by atoms with Gasteiger partial charge in [0.05, 0.1) is 0 Å². The molecule has 2 heterocycles. The number of anilines is 1. The van der Waals surface area contributed by atoms with Gasteiger partial charge in [-0.1, -0.05) is 18.9 Å². The van der Waals surface area contributed by atoms with Gasteiger partial charge in [0, 0.05) is 12.6 Å². The summed E-state index contributed by atoms with van der Waals surface area (Å²) in [5.74, 6) is 1.28. The molecular weight excluding hydrogens is 215 g/mol. The number of aromatic nitrogens is 1. The van der Waals surface area contributed by atoms with E-state index in [9.17, 15) is 4.39 Å². The lowest BCUT2D eigenvalue weighted by molar-refractivity contribution is 0.242. The third-order valence-electron chi connectivity index (χ3n) is 4.24. The number of hydrogen-bond donors (Lipinski definition) is 0. The lowest BCUT2D eigenvalue weighted by Gasteiger charge is -2.44. The molecule has 1 aliphatic carbocycles. The van der Waals surface area contributed by atoms with E-state index >= 15 is 0 Å². The van der Waals surface area contributed by atoms with Gasteiger partial charge >= 0.3 is 0 Å². The molecule has 2 fully saturated rings. The number of piperidine rings is 1.